The molecular weight excluding hydrogens is 447 g/mol. The summed E-state index contributed by atoms with van der Waals surface area (Å²) in [5, 5.41) is 19.2. The predicted molar refractivity (Wildman–Crippen MR) is 109 cm³/mol. The molecule has 1 aromatic heterocycles. The third-order valence-corrected chi connectivity index (χ3v) is 7.48. The molecule has 1 aliphatic carbocycles. The van der Waals surface area contributed by atoms with E-state index in [0.29, 0.717) is 16.8 Å². The number of amides is 1. The highest BCUT2D eigenvalue weighted by Crippen LogP contribution is 2.35. The summed E-state index contributed by atoms with van der Waals surface area (Å²) in [7, 11) is -4.11. The molecule has 8 nitrogen and oxygen atoms in total. The molecule has 0 spiro atoms. The minimum Gasteiger partial charge on any atom is -0.387 e. The first-order chi connectivity index (χ1) is 14.4. The molecule has 1 fully saturated rings. The fourth-order valence-electron chi connectivity index (χ4n) is 4.07. The zero-order valence-corrected chi connectivity index (χ0v) is 18.3. The van der Waals surface area contributed by atoms with Crippen LogP contribution in [0.1, 0.15) is 40.2 Å². The van der Waals surface area contributed by atoms with Gasteiger partial charge in [0.2, 0.25) is 0 Å². The van der Waals surface area contributed by atoms with Crippen molar-refractivity contribution in [1.29, 1.82) is 5.26 Å². The van der Waals surface area contributed by atoms with Gasteiger partial charge in [0.05, 0.1) is 34.2 Å². The van der Waals surface area contributed by atoms with Crippen LogP contribution in [-0.2, 0) is 16.4 Å². The summed E-state index contributed by atoms with van der Waals surface area (Å²) in [4.78, 5) is 16.9. The summed E-state index contributed by atoms with van der Waals surface area (Å²) in [6.45, 7) is 3.89. The highest BCUT2D eigenvalue weighted by molar-refractivity contribution is 7.89. The summed E-state index contributed by atoms with van der Waals surface area (Å²) in [6.07, 6.45) is -1.10. The van der Waals surface area contributed by atoms with Crippen molar-refractivity contribution < 1.29 is 22.7 Å². The third-order valence-electron chi connectivity index (χ3n) is 5.78. The zero-order valence-electron chi connectivity index (χ0n) is 16.7. The van der Waals surface area contributed by atoms with E-state index in [1.165, 1.54) is 23.1 Å². The monoisotopic (exact) mass is 466 g/mol. The van der Waals surface area contributed by atoms with Gasteiger partial charge in [-0.05, 0) is 49.6 Å². The second kappa shape index (κ2) is 7.31. The average Bonchev–Trinajstić information content (AvgIpc) is 3.20. The number of hydrogen-bond acceptors (Lipinski definition) is 5. The van der Waals surface area contributed by atoms with Crippen LogP contribution in [-0.4, -0.2) is 48.4 Å². The van der Waals surface area contributed by atoms with Crippen molar-refractivity contribution in [3.05, 3.63) is 51.4 Å². The van der Waals surface area contributed by atoms with Crippen LogP contribution in [0.2, 0.25) is 5.02 Å². The van der Waals surface area contributed by atoms with Gasteiger partial charge in [0.1, 0.15) is 10.8 Å². The molecule has 2 heterocycles. The smallest absolute Gasteiger partial charge is 0.256 e. The number of nitrogens with one attached hydrogen (secondary N) is 2. The summed E-state index contributed by atoms with van der Waals surface area (Å²) in [5.74, 6) is -1.00. The van der Waals surface area contributed by atoms with E-state index in [-0.39, 0.29) is 41.0 Å². The lowest BCUT2D eigenvalue weighted by atomic mass is 9.83. The molecule has 2 aliphatic rings. The van der Waals surface area contributed by atoms with Gasteiger partial charge in [0, 0.05) is 18.8 Å². The number of benzene rings is 1. The first-order valence-electron chi connectivity index (χ1n) is 9.52. The average molecular weight is 467 g/mol. The van der Waals surface area contributed by atoms with Crippen molar-refractivity contribution in [1.82, 2.24) is 14.6 Å². The fraction of sp³-hybridized carbons (Fsp3) is 0.400. The van der Waals surface area contributed by atoms with Crippen LogP contribution < -0.4 is 4.72 Å². The molecule has 2 atom stereocenters. The van der Waals surface area contributed by atoms with Crippen molar-refractivity contribution in [2.45, 2.75) is 37.4 Å². The molecule has 164 valence electrons. The molecule has 1 aromatic carbocycles. The Bertz CT molecular complexity index is 1230. The number of nitrogens with zero attached hydrogens (tertiary/aromatic N) is 2. The maximum Gasteiger partial charge on any atom is 0.256 e. The molecule has 0 radical (unpaired) electrons. The summed E-state index contributed by atoms with van der Waals surface area (Å²) >= 11 is 5.77. The van der Waals surface area contributed by atoms with Gasteiger partial charge in [-0.25, -0.2) is 17.5 Å². The van der Waals surface area contributed by atoms with Gasteiger partial charge in [0.15, 0.2) is 0 Å². The number of H-pyrrole nitrogens is 1. The van der Waals surface area contributed by atoms with Crippen LogP contribution in [0.15, 0.2) is 23.2 Å². The van der Waals surface area contributed by atoms with Gasteiger partial charge in [-0.3, -0.25) is 4.79 Å². The van der Waals surface area contributed by atoms with Crippen LogP contribution in [0.25, 0.3) is 0 Å². The summed E-state index contributed by atoms with van der Waals surface area (Å²) in [5.41, 5.74) is 0.825. The zero-order chi connectivity index (χ0) is 22.7. The number of carbonyl (C=O) groups is 1. The van der Waals surface area contributed by atoms with Gasteiger partial charge < -0.3 is 15.0 Å². The maximum atomic E-state index is 13.7. The van der Waals surface area contributed by atoms with Crippen molar-refractivity contribution in [3.63, 3.8) is 0 Å². The van der Waals surface area contributed by atoms with Crippen LogP contribution in [0, 0.1) is 29.5 Å². The fourth-order valence-corrected chi connectivity index (χ4v) is 5.54. The topological polar surface area (TPSA) is 126 Å². The normalized spacial score (nSPS) is 22.0. The minimum atomic E-state index is -4.11. The number of aryl methyl sites for hydroxylation is 1. The molecule has 3 N–H and O–H groups in total. The second-order valence-corrected chi connectivity index (χ2v) is 10.4. The lowest BCUT2D eigenvalue weighted by molar-refractivity contribution is 0.0368. The highest BCUT2D eigenvalue weighted by atomic mass is 35.5. The van der Waals surface area contributed by atoms with E-state index >= 15 is 0 Å². The molecule has 0 unspecified atom stereocenters. The molecule has 2 aromatic rings. The standard InChI is InChI=1S/C20H20ClFN4O4S/c1-10-12(19(28)26-8-20(2,7-23)9-26)6-17(24-10)31(29,30)25-16-4-11-3-15(22)14(21)5-13(11)18(16)27/h3,5-6,16,18,24-25,27H,4,8-9H2,1-2H3/t16-,18-/m0/s1. The van der Waals surface area contributed by atoms with E-state index < -0.39 is 33.4 Å². The van der Waals surface area contributed by atoms with E-state index in [1.807, 2.05) is 0 Å². The van der Waals surface area contributed by atoms with E-state index in [2.05, 4.69) is 15.8 Å². The Morgan fingerprint density at radius 1 is 1.42 bits per heavy atom. The van der Waals surface area contributed by atoms with Crippen molar-refractivity contribution >= 4 is 27.5 Å². The summed E-state index contributed by atoms with van der Waals surface area (Å²) < 4.78 is 41.9. The van der Waals surface area contributed by atoms with Crippen LogP contribution in [0.5, 0.6) is 0 Å². The number of halogens is 2. The SMILES string of the molecule is Cc1[nH]c(S(=O)(=O)N[C@H]2Cc3cc(F)c(Cl)cc3[C@@H]2O)cc1C(=O)N1CC(C)(C#N)C1. The first kappa shape index (κ1) is 21.8. The molecule has 11 heteroatoms. The quantitative estimate of drug-likeness (QED) is 0.635. The van der Waals surface area contributed by atoms with E-state index in [1.54, 1.807) is 13.8 Å². The Hall–Kier alpha value is -2.45. The van der Waals surface area contributed by atoms with Crippen LogP contribution in [0.3, 0.4) is 0 Å². The number of hydrogen-bond donors (Lipinski definition) is 3. The molecule has 1 aliphatic heterocycles. The Balaban J connectivity index is 1.52. The minimum absolute atomic E-state index is 0.0931. The van der Waals surface area contributed by atoms with Gasteiger partial charge >= 0.3 is 0 Å². The molecular formula is C20H20ClFN4O4S. The lowest BCUT2D eigenvalue weighted by Crippen LogP contribution is -2.56. The van der Waals surface area contributed by atoms with Crippen LogP contribution >= 0.6 is 11.6 Å². The number of carbonyl (C=O) groups excluding carboxylic acids is 1. The molecule has 0 saturated carbocycles. The van der Waals surface area contributed by atoms with E-state index in [0.717, 1.165) is 0 Å². The van der Waals surface area contributed by atoms with E-state index in [9.17, 15) is 22.7 Å². The molecule has 1 amide bonds. The van der Waals surface area contributed by atoms with Gasteiger partial charge in [-0.1, -0.05) is 11.6 Å². The Morgan fingerprint density at radius 3 is 2.74 bits per heavy atom. The Kier molecular flexibility index (Phi) is 5.13. The highest BCUT2D eigenvalue weighted by Gasteiger charge is 2.43. The van der Waals surface area contributed by atoms with Gasteiger partial charge in [-0.15, -0.1) is 0 Å². The summed E-state index contributed by atoms with van der Waals surface area (Å²) in [6, 6.07) is 4.97. The number of aliphatic hydroxyl groups is 1. The Morgan fingerprint density at radius 2 is 2.10 bits per heavy atom. The molecule has 1 saturated heterocycles. The molecule has 31 heavy (non-hydrogen) atoms. The third kappa shape index (κ3) is 3.72. The second-order valence-electron chi connectivity index (χ2n) is 8.35. The molecule has 4 rings (SSSR count). The lowest BCUT2D eigenvalue weighted by Gasteiger charge is -2.43. The van der Waals surface area contributed by atoms with Crippen LogP contribution in [0.4, 0.5) is 4.39 Å². The number of rotatable bonds is 4. The number of nitriles is 1. The van der Waals surface area contributed by atoms with Crippen molar-refractivity contribution in [3.8, 4) is 6.07 Å². The van der Waals surface area contributed by atoms with Crippen molar-refractivity contribution in [2.24, 2.45) is 5.41 Å². The number of sulfonamides is 1. The van der Waals surface area contributed by atoms with E-state index in [4.69, 9.17) is 16.9 Å². The Labute approximate surface area is 183 Å². The largest absolute Gasteiger partial charge is 0.387 e. The number of aromatic nitrogens is 1. The van der Waals surface area contributed by atoms with Gasteiger partial charge in [0.25, 0.3) is 15.9 Å². The maximum absolute atomic E-state index is 13.7. The van der Waals surface area contributed by atoms with Crippen molar-refractivity contribution in [2.75, 3.05) is 13.1 Å². The first-order valence-corrected chi connectivity index (χ1v) is 11.4. The molecule has 0 bridgehead atoms. The number of likely N-dealkylation sites (tertiary alicyclic amines) is 1. The number of aromatic amines is 1. The number of fused-ring (bicyclic) bond motifs is 1. The van der Waals surface area contributed by atoms with Gasteiger partial charge in [-0.2, -0.15) is 5.26 Å². The number of aliphatic hydroxyl groups excluding tert-OH is 1. The predicted octanol–water partition coefficient (Wildman–Crippen LogP) is 2.04.